The summed E-state index contributed by atoms with van der Waals surface area (Å²) in [6.45, 7) is 10.3. The number of ether oxygens (including phenoxy) is 2. The van der Waals surface area contributed by atoms with Crippen LogP contribution in [-0.4, -0.2) is 30.8 Å². The van der Waals surface area contributed by atoms with Crippen LogP contribution in [0.1, 0.15) is 27.7 Å². The molecule has 0 heterocycles. The van der Waals surface area contributed by atoms with E-state index in [0.717, 1.165) is 0 Å². The summed E-state index contributed by atoms with van der Waals surface area (Å²) in [6.07, 6.45) is -1.00. The Bertz CT molecular complexity index is 273. The summed E-state index contributed by atoms with van der Waals surface area (Å²) in [5.41, 5.74) is 0.318. The van der Waals surface area contributed by atoms with Crippen LogP contribution >= 0.6 is 0 Å². The van der Waals surface area contributed by atoms with Crippen LogP contribution in [0.15, 0.2) is 12.2 Å². The minimum absolute atomic E-state index is 0.0117. The van der Waals surface area contributed by atoms with Crippen LogP contribution in [0.4, 0.5) is 4.79 Å². The first-order chi connectivity index (χ1) is 7.32. The van der Waals surface area contributed by atoms with Crippen molar-refractivity contribution in [2.45, 2.75) is 39.8 Å². The SMILES string of the molecule is C=C(C)C(=O)OCC(C)OC(=O)NC(C)C. The maximum absolute atomic E-state index is 11.2. The molecule has 0 fully saturated rings. The highest BCUT2D eigenvalue weighted by Crippen LogP contribution is 1.97. The number of hydrogen-bond donors (Lipinski definition) is 1. The van der Waals surface area contributed by atoms with Crippen molar-refractivity contribution < 1.29 is 19.1 Å². The molecule has 0 spiro atoms. The zero-order chi connectivity index (χ0) is 12.7. The first-order valence-electron chi connectivity index (χ1n) is 5.12. The molecule has 0 aliphatic carbocycles. The van der Waals surface area contributed by atoms with E-state index < -0.39 is 18.2 Å². The van der Waals surface area contributed by atoms with E-state index in [-0.39, 0.29) is 12.6 Å². The van der Waals surface area contributed by atoms with Gasteiger partial charge in [0.05, 0.1) is 0 Å². The third kappa shape index (κ3) is 6.86. The van der Waals surface area contributed by atoms with Crippen LogP contribution in [-0.2, 0) is 14.3 Å². The topological polar surface area (TPSA) is 64.6 Å². The molecule has 5 heteroatoms. The van der Waals surface area contributed by atoms with Gasteiger partial charge < -0.3 is 14.8 Å². The molecule has 0 aromatic heterocycles. The summed E-state index contributed by atoms with van der Waals surface area (Å²) in [6, 6.07) is 0.0117. The number of alkyl carbamates (subject to hydrolysis) is 1. The summed E-state index contributed by atoms with van der Waals surface area (Å²) in [5, 5.41) is 2.56. The second-order valence-corrected chi connectivity index (χ2v) is 3.89. The quantitative estimate of drug-likeness (QED) is 0.575. The highest BCUT2D eigenvalue weighted by molar-refractivity contribution is 5.86. The molecule has 1 atom stereocenters. The van der Waals surface area contributed by atoms with Gasteiger partial charge in [-0.25, -0.2) is 9.59 Å². The van der Waals surface area contributed by atoms with E-state index in [1.807, 2.05) is 13.8 Å². The number of carbonyl (C=O) groups excluding carboxylic acids is 2. The molecule has 0 rings (SSSR count). The van der Waals surface area contributed by atoms with E-state index in [0.29, 0.717) is 5.57 Å². The maximum Gasteiger partial charge on any atom is 0.407 e. The Kier molecular flexibility index (Phi) is 6.22. The van der Waals surface area contributed by atoms with Crippen molar-refractivity contribution in [1.29, 1.82) is 0 Å². The average molecular weight is 229 g/mol. The number of hydrogen-bond acceptors (Lipinski definition) is 4. The van der Waals surface area contributed by atoms with Gasteiger partial charge in [0.25, 0.3) is 0 Å². The largest absolute Gasteiger partial charge is 0.458 e. The van der Waals surface area contributed by atoms with Gasteiger partial charge in [-0.15, -0.1) is 0 Å². The summed E-state index contributed by atoms with van der Waals surface area (Å²) in [7, 11) is 0. The predicted molar refractivity (Wildman–Crippen MR) is 60.0 cm³/mol. The summed E-state index contributed by atoms with van der Waals surface area (Å²) >= 11 is 0. The predicted octanol–water partition coefficient (Wildman–Crippen LogP) is 1.63. The Morgan fingerprint density at radius 2 is 1.88 bits per heavy atom. The van der Waals surface area contributed by atoms with Gasteiger partial charge in [0, 0.05) is 11.6 Å². The van der Waals surface area contributed by atoms with Crippen LogP contribution in [0, 0.1) is 0 Å². The van der Waals surface area contributed by atoms with Gasteiger partial charge in [-0.05, 0) is 27.7 Å². The average Bonchev–Trinajstić information content (AvgIpc) is 2.12. The minimum atomic E-state index is -0.520. The van der Waals surface area contributed by atoms with Crippen LogP contribution in [0.25, 0.3) is 0 Å². The molecule has 92 valence electrons. The number of rotatable bonds is 5. The van der Waals surface area contributed by atoms with Gasteiger partial charge in [0.1, 0.15) is 12.7 Å². The van der Waals surface area contributed by atoms with Gasteiger partial charge in [-0.3, -0.25) is 0 Å². The maximum atomic E-state index is 11.2. The second kappa shape index (κ2) is 6.87. The third-order valence-corrected chi connectivity index (χ3v) is 1.51. The van der Waals surface area contributed by atoms with Crippen LogP contribution in [0.2, 0.25) is 0 Å². The lowest BCUT2D eigenvalue weighted by atomic mass is 10.3. The van der Waals surface area contributed by atoms with Crippen molar-refractivity contribution in [1.82, 2.24) is 5.32 Å². The fraction of sp³-hybridized carbons (Fsp3) is 0.636. The number of amides is 1. The number of carbonyl (C=O) groups is 2. The highest BCUT2D eigenvalue weighted by Gasteiger charge is 2.12. The van der Waals surface area contributed by atoms with E-state index in [2.05, 4.69) is 11.9 Å². The summed E-state index contributed by atoms with van der Waals surface area (Å²) < 4.78 is 9.76. The fourth-order valence-electron chi connectivity index (χ4n) is 0.803. The Balaban J connectivity index is 3.82. The highest BCUT2D eigenvalue weighted by atomic mass is 16.6. The van der Waals surface area contributed by atoms with Gasteiger partial charge in [0.15, 0.2) is 0 Å². The molecular formula is C11H19NO4. The van der Waals surface area contributed by atoms with E-state index in [1.165, 1.54) is 0 Å². The molecule has 1 unspecified atom stereocenters. The van der Waals surface area contributed by atoms with E-state index in [1.54, 1.807) is 13.8 Å². The normalized spacial score (nSPS) is 11.8. The molecule has 0 aliphatic heterocycles. The molecule has 5 nitrogen and oxygen atoms in total. The lowest BCUT2D eigenvalue weighted by molar-refractivity contribution is -0.141. The van der Waals surface area contributed by atoms with Crippen molar-refractivity contribution in [2.24, 2.45) is 0 Å². The van der Waals surface area contributed by atoms with Crippen molar-refractivity contribution in [3.63, 3.8) is 0 Å². The molecule has 0 saturated carbocycles. The first kappa shape index (κ1) is 14.5. The molecule has 0 aliphatic rings. The van der Waals surface area contributed by atoms with Crippen molar-refractivity contribution in [2.75, 3.05) is 6.61 Å². The monoisotopic (exact) mass is 229 g/mol. The van der Waals surface area contributed by atoms with E-state index in [9.17, 15) is 9.59 Å². The molecule has 0 saturated heterocycles. The van der Waals surface area contributed by atoms with E-state index >= 15 is 0 Å². The summed E-state index contributed by atoms with van der Waals surface area (Å²) in [5.74, 6) is -0.486. The zero-order valence-corrected chi connectivity index (χ0v) is 10.2. The standard InChI is InChI=1S/C11H19NO4/c1-7(2)10(13)15-6-9(5)16-11(14)12-8(3)4/h8-9H,1,6H2,2-5H3,(H,12,14). The van der Waals surface area contributed by atoms with Crippen molar-refractivity contribution in [3.8, 4) is 0 Å². The fourth-order valence-corrected chi connectivity index (χ4v) is 0.803. The molecule has 1 amide bonds. The van der Waals surface area contributed by atoms with Crippen molar-refractivity contribution in [3.05, 3.63) is 12.2 Å². The third-order valence-electron chi connectivity index (χ3n) is 1.51. The lowest BCUT2D eigenvalue weighted by Crippen LogP contribution is -2.34. The van der Waals surface area contributed by atoms with Crippen LogP contribution < -0.4 is 5.32 Å². The molecule has 0 radical (unpaired) electrons. The molecule has 16 heavy (non-hydrogen) atoms. The second-order valence-electron chi connectivity index (χ2n) is 3.89. The number of nitrogens with one attached hydrogen (secondary N) is 1. The molecular weight excluding hydrogens is 210 g/mol. The molecule has 0 aromatic rings. The lowest BCUT2D eigenvalue weighted by Gasteiger charge is -2.15. The van der Waals surface area contributed by atoms with Gasteiger partial charge in [0.2, 0.25) is 0 Å². The van der Waals surface area contributed by atoms with Crippen molar-refractivity contribution >= 4 is 12.1 Å². The first-order valence-corrected chi connectivity index (χ1v) is 5.12. The summed E-state index contributed by atoms with van der Waals surface area (Å²) in [4.78, 5) is 22.2. The Morgan fingerprint density at radius 1 is 1.31 bits per heavy atom. The van der Waals surface area contributed by atoms with Gasteiger partial charge in [-0.1, -0.05) is 6.58 Å². The molecule has 1 N–H and O–H groups in total. The van der Waals surface area contributed by atoms with Gasteiger partial charge >= 0.3 is 12.1 Å². The molecule has 0 bridgehead atoms. The Labute approximate surface area is 95.8 Å². The van der Waals surface area contributed by atoms with E-state index in [4.69, 9.17) is 9.47 Å². The smallest absolute Gasteiger partial charge is 0.407 e. The van der Waals surface area contributed by atoms with Crippen LogP contribution in [0.5, 0.6) is 0 Å². The Hall–Kier alpha value is -1.52. The minimum Gasteiger partial charge on any atom is -0.458 e. The Morgan fingerprint density at radius 3 is 2.31 bits per heavy atom. The number of esters is 1. The zero-order valence-electron chi connectivity index (χ0n) is 10.2. The van der Waals surface area contributed by atoms with Gasteiger partial charge in [-0.2, -0.15) is 0 Å². The van der Waals surface area contributed by atoms with Crippen LogP contribution in [0.3, 0.4) is 0 Å². The molecule has 0 aromatic carbocycles.